The minimum atomic E-state index is -0.497. The van der Waals surface area contributed by atoms with Crippen LogP contribution >= 0.6 is 24.0 Å². The largest absolute Gasteiger partial charge is 0.381 e. The molecule has 1 amide bonds. The summed E-state index contributed by atoms with van der Waals surface area (Å²) in [6.45, 7) is 11.0. The SMILES string of the molecule is CCNC(=NCC(C)(C)C(=O)NC)N1CCC2(CCOC2)C1.I. The first-order chi connectivity index (χ1) is 10.4. The van der Waals surface area contributed by atoms with E-state index < -0.39 is 5.41 Å². The van der Waals surface area contributed by atoms with E-state index in [9.17, 15) is 4.79 Å². The van der Waals surface area contributed by atoms with Gasteiger partial charge < -0.3 is 20.3 Å². The molecule has 1 spiro atoms. The number of nitrogens with zero attached hydrogens (tertiary/aromatic N) is 2. The Morgan fingerprint density at radius 2 is 2.13 bits per heavy atom. The lowest BCUT2D eigenvalue weighted by Gasteiger charge is -2.26. The maximum absolute atomic E-state index is 11.9. The molecule has 7 heteroatoms. The van der Waals surface area contributed by atoms with Gasteiger partial charge in [0.25, 0.3) is 0 Å². The van der Waals surface area contributed by atoms with Crippen molar-refractivity contribution in [2.24, 2.45) is 15.8 Å². The average Bonchev–Trinajstić information content (AvgIpc) is 3.13. The standard InChI is InChI=1S/C16H30N4O2.HI/c1-5-18-14(19-10-15(2,3)13(21)17-4)20-8-6-16(11-20)7-9-22-12-16;/h5-12H2,1-4H3,(H,17,21)(H,18,19);1H. The molecule has 1 unspecified atom stereocenters. The van der Waals surface area contributed by atoms with Crippen molar-refractivity contribution in [1.82, 2.24) is 15.5 Å². The molecule has 2 heterocycles. The molecular weight excluding hydrogens is 407 g/mol. The zero-order chi connectivity index (χ0) is 16.2. The molecule has 0 aromatic carbocycles. The van der Waals surface area contributed by atoms with Gasteiger partial charge in [0.05, 0.1) is 18.6 Å². The van der Waals surface area contributed by atoms with Crippen LogP contribution in [0.15, 0.2) is 4.99 Å². The maximum Gasteiger partial charge on any atom is 0.227 e. The quantitative estimate of drug-likeness (QED) is 0.396. The minimum Gasteiger partial charge on any atom is -0.381 e. The number of rotatable bonds is 4. The van der Waals surface area contributed by atoms with E-state index in [0.717, 1.165) is 51.6 Å². The first kappa shape index (κ1) is 20.5. The molecule has 2 saturated heterocycles. The van der Waals surface area contributed by atoms with Crippen LogP contribution < -0.4 is 10.6 Å². The molecule has 0 aromatic rings. The third-order valence-electron chi connectivity index (χ3n) is 4.72. The molecule has 6 nitrogen and oxygen atoms in total. The van der Waals surface area contributed by atoms with Crippen molar-refractivity contribution in [3.05, 3.63) is 0 Å². The average molecular weight is 438 g/mol. The summed E-state index contributed by atoms with van der Waals surface area (Å²) in [5, 5.41) is 6.08. The van der Waals surface area contributed by atoms with Crippen LogP contribution in [-0.4, -0.2) is 63.2 Å². The van der Waals surface area contributed by atoms with Gasteiger partial charge in [-0.15, -0.1) is 24.0 Å². The first-order valence-corrected chi connectivity index (χ1v) is 8.26. The number of ether oxygens (including phenoxy) is 1. The van der Waals surface area contributed by atoms with Gasteiger partial charge >= 0.3 is 0 Å². The highest BCUT2D eigenvalue weighted by Gasteiger charge is 2.42. The summed E-state index contributed by atoms with van der Waals surface area (Å²) in [6.07, 6.45) is 2.31. The summed E-state index contributed by atoms with van der Waals surface area (Å²) >= 11 is 0. The van der Waals surface area contributed by atoms with Crippen LogP contribution in [0.2, 0.25) is 0 Å². The highest BCUT2D eigenvalue weighted by molar-refractivity contribution is 14.0. The third-order valence-corrected chi connectivity index (χ3v) is 4.72. The lowest BCUT2D eigenvalue weighted by Crippen LogP contribution is -2.43. The zero-order valence-electron chi connectivity index (χ0n) is 14.8. The second kappa shape index (κ2) is 8.50. The molecule has 2 rings (SSSR count). The summed E-state index contributed by atoms with van der Waals surface area (Å²) in [5.74, 6) is 0.942. The number of hydrogen-bond acceptors (Lipinski definition) is 3. The summed E-state index contributed by atoms with van der Waals surface area (Å²) in [4.78, 5) is 18.9. The number of carbonyl (C=O) groups excluding carboxylic acids is 1. The molecule has 2 fully saturated rings. The maximum atomic E-state index is 11.9. The smallest absolute Gasteiger partial charge is 0.227 e. The van der Waals surface area contributed by atoms with E-state index in [2.05, 4.69) is 22.5 Å². The fourth-order valence-electron chi connectivity index (χ4n) is 3.20. The van der Waals surface area contributed by atoms with E-state index >= 15 is 0 Å². The Bertz CT molecular complexity index is 434. The van der Waals surface area contributed by atoms with E-state index in [1.54, 1.807) is 7.05 Å². The Kier molecular flexibility index (Phi) is 7.57. The number of carbonyl (C=O) groups is 1. The summed E-state index contributed by atoms with van der Waals surface area (Å²) in [5.41, 5.74) is -0.185. The molecule has 2 N–H and O–H groups in total. The first-order valence-electron chi connectivity index (χ1n) is 8.26. The number of guanidine groups is 1. The van der Waals surface area contributed by atoms with Crippen molar-refractivity contribution >= 4 is 35.8 Å². The van der Waals surface area contributed by atoms with Crippen LogP contribution in [0.5, 0.6) is 0 Å². The van der Waals surface area contributed by atoms with Gasteiger partial charge in [-0.05, 0) is 33.6 Å². The summed E-state index contributed by atoms with van der Waals surface area (Å²) < 4.78 is 5.59. The predicted molar refractivity (Wildman–Crippen MR) is 103 cm³/mol. The van der Waals surface area contributed by atoms with Gasteiger partial charge in [-0.2, -0.15) is 0 Å². The Hall–Kier alpha value is -0.570. The number of amides is 1. The van der Waals surface area contributed by atoms with E-state index in [4.69, 9.17) is 9.73 Å². The molecule has 0 saturated carbocycles. The van der Waals surface area contributed by atoms with Gasteiger partial charge in [-0.25, -0.2) is 0 Å². The van der Waals surface area contributed by atoms with Crippen molar-refractivity contribution < 1.29 is 9.53 Å². The third kappa shape index (κ3) is 4.95. The van der Waals surface area contributed by atoms with Gasteiger partial charge in [0, 0.05) is 38.7 Å². The van der Waals surface area contributed by atoms with Crippen molar-refractivity contribution in [3.8, 4) is 0 Å². The van der Waals surface area contributed by atoms with E-state index in [0.29, 0.717) is 12.0 Å². The van der Waals surface area contributed by atoms with Crippen LogP contribution in [0.3, 0.4) is 0 Å². The van der Waals surface area contributed by atoms with E-state index in [1.807, 2.05) is 13.8 Å². The highest BCUT2D eigenvalue weighted by Crippen LogP contribution is 2.38. The molecule has 0 radical (unpaired) electrons. The van der Waals surface area contributed by atoms with Gasteiger partial charge in [0.1, 0.15) is 0 Å². The summed E-state index contributed by atoms with van der Waals surface area (Å²) in [7, 11) is 1.67. The predicted octanol–water partition coefficient (Wildman–Crippen LogP) is 1.45. The van der Waals surface area contributed by atoms with Crippen LogP contribution in [0, 0.1) is 10.8 Å². The van der Waals surface area contributed by atoms with Gasteiger partial charge in [-0.1, -0.05) is 0 Å². The highest BCUT2D eigenvalue weighted by atomic mass is 127. The van der Waals surface area contributed by atoms with Crippen molar-refractivity contribution in [1.29, 1.82) is 0 Å². The van der Waals surface area contributed by atoms with E-state index in [-0.39, 0.29) is 29.9 Å². The van der Waals surface area contributed by atoms with Gasteiger partial charge in [-0.3, -0.25) is 9.79 Å². The molecule has 0 aromatic heterocycles. The number of halogens is 1. The van der Waals surface area contributed by atoms with Crippen molar-refractivity contribution in [2.45, 2.75) is 33.6 Å². The Labute approximate surface area is 156 Å². The second-order valence-corrected chi connectivity index (χ2v) is 7.11. The molecule has 134 valence electrons. The fraction of sp³-hybridized carbons (Fsp3) is 0.875. The number of hydrogen-bond donors (Lipinski definition) is 2. The van der Waals surface area contributed by atoms with Crippen LogP contribution in [-0.2, 0) is 9.53 Å². The van der Waals surface area contributed by atoms with E-state index in [1.165, 1.54) is 0 Å². The minimum absolute atomic E-state index is 0. The van der Waals surface area contributed by atoms with Gasteiger partial charge in [0.15, 0.2) is 5.96 Å². The molecule has 0 bridgehead atoms. The normalized spacial score (nSPS) is 24.7. The lowest BCUT2D eigenvalue weighted by molar-refractivity contribution is -0.128. The topological polar surface area (TPSA) is 66.0 Å². The van der Waals surface area contributed by atoms with Crippen molar-refractivity contribution in [2.75, 3.05) is 46.4 Å². The summed E-state index contributed by atoms with van der Waals surface area (Å²) in [6, 6.07) is 0. The Morgan fingerprint density at radius 3 is 2.70 bits per heavy atom. The molecule has 1 atom stereocenters. The van der Waals surface area contributed by atoms with Crippen LogP contribution in [0.1, 0.15) is 33.6 Å². The Morgan fingerprint density at radius 1 is 1.39 bits per heavy atom. The molecule has 23 heavy (non-hydrogen) atoms. The van der Waals surface area contributed by atoms with Gasteiger partial charge in [0.2, 0.25) is 5.91 Å². The lowest BCUT2D eigenvalue weighted by atomic mass is 9.87. The Balaban J connectivity index is 0.00000264. The molecule has 2 aliphatic rings. The molecule has 0 aliphatic carbocycles. The fourth-order valence-corrected chi connectivity index (χ4v) is 3.20. The number of aliphatic imine (C=N–C) groups is 1. The zero-order valence-corrected chi connectivity index (χ0v) is 17.1. The molecular formula is C16H31IN4O2. The monoisotopic (exact) mass is 438 g/mol. The number of nitrogens with one attached hydrogen (secondary N) is 2. The molecule has 2 aliphatic heterocycles. The van der Waals surface area contributed by atoms with Crippen molar-refractivity contribution in [3.63, 3.8) is 0 Å². The number of likely N-dealkylation sites (tertiary alicyclic amines) is 1. The second-order valence-electron chi connectivity index (χ2n) is 7.11. The van der Waals surface area contributed by atoms with Crippen LogP contribution in [0.4, 0.5) is 0 Å². The van der Waals surface area contributed by atoms with Crippen LogP contribution in [0.25, 0.3) is 0 Å².